The summed E-state index contributed by atoms with van der Waals surface area (Å²) in [6.07, 6.45) is 5.28. The lowest BCUT2D eigenvalue weighted by atomic mass is 10.0. The molecule has 0 aromatic carbocycles. The summed E-state index contributed by atoms with van der Waals surface area (Å²) in [7, 11) is 0. The zero-order valence-electron chi connectivity index (χ0n) is 14.2. The Kier molecular flexibility index (Phi) is 4.07. The maximum Gasteiger partial charge on any atom is 0.264 e. The highest BCUT2D eigenvalue weighted by molar-refractivity contribution is 7.12. The maximum absolute atomic E-state index is 12.7. The third kappa shape index (κ3) is 3.06. The maximum atomic E-state index is 12.7. The predicted molar refractivity (Wildman–Crippen MR) is 96.2 cm³/mol. The van der Waals surface area contributed by atoms with Crippen LogP contribution in [0.1, 0.15) is 33.6 Å². The van der Waals surface area contributed by atoms with E-state index < -0.39 is 0 Å². The summed E-state index contributed by atoms with van der Waals surface area (Å²) in [5.74, 6) is 0.266. The fourth-order valence-corrected chi connectivity index (χ4v) is 4.68. The number of aromatic nitrogens is 1. The van der Waals surface area contributed by atoms with Gasteiger partial charge in [0.25, 0.3) is 5.91 Å². The second-order valence-electron chi connectivity index (χ2n) is 7.10. The van der Waals surface area contributed by atoms with Gasteiger partial charge in [0.15, 0.2) is 0 Å². The molecule has 4 rings (SSSR count). The second kappa shape index (κ2) is 6.26. The average Bonchev–Trinajstić information content (AvgIpc) is 2.93. The Morgan fingerprint density at radius 3 is 2.88 bits per heavy atom. The van der Waals surface area contributed by atoms with Gasteiger partial charge in [0.1, 0.15) is 0 Å². The second-order valence-corrected chi connectivity index (χ2v) is 8.02. The summed E-state index contributed by atoms with van der Waals surface area (Å²) in [5, 5.41) is 4.98. The molecule has 0 unspecified atom stereocenters. The Hall–Kier alpha value is -2.21. The number of hydrogen-bond acceptors (Lipinski definition) is 4. The van der Waals surface area contributed by atoms with Crippen LogP contribution in [0.4, 0.5) is 0 Å². The summed E-state index contributed by atoms with van der Waals surface area (Å²) in [5.41, 5.74) is 2.09. The Balaban J connectivity index is 1.34. The van der Waals surface area contributed by atoms with E-state index in [-0.39, 0.29) is 23.1 Å². The van der Waals surface area contributed by atoms with Crippen molar-refractivity contribution in [2.45, 2.75) is 26.3 Å². The molecular formula is C19H21N3O2S. The van der Waals surface area contributed by atoms with Crippen LogP contribution in [0.15, 0.2) is 36.0 Å². The van der Waals surface area contributed by atoms with Crippen LogP contribution >= 0.6 is 11.3 Å². The van der Waals surface area contributed by atoms with Gasteiger partial charge in [-0.2, -0.15) is 0 Å². The SMILES string of the molecule is Cc1ccsc1C(=O)N1CC[C@@]2(C[C@H]2C(=O)NCc2ccncc2)C1. The van der Waals surface area contributed by atoms with Crippen LogP contribution in [0.3, 0.4) is 0 Å². The van der Waals surface area contributed by atoms with Gasteiger partial charge in [-0.3, -0.25) is 14.6 Å². The van der Waals surface area contributed by atoms with Crippen molar-refractivity contribution in [3.05, 3.63) is 52.0 Å². The summed E-state index contributed by atoms with van der Waals surface area (Å²) >= 11 is 1.50. The number of thiophene rings is 1. The monoisotopic (exact) mass is 355 g/mol. The lowest BCUT2D eigenvalue weighted by Crippen LogP contribution is -2.31. The minimum atomic E-state index is 0.00313. The molecule has 0 radical (unpaired) electrons. The van der Waals surface area contributed by atoms with Crippen LogP contribution < -0.4 is 5.32 Å². The number of pyridine rings is 1. The van der Waals surface area contributed by atoms with E-state index in [0.717, 1.165) is 35.4 Å². The molecular weight excluding hydrogens is 334 g/mol. The third-order valence-corrected chi connectivity index (χ3v) is 6.46. The molecule has 2 aliphatic rings. The quantitative estimate of drug-likeness (QED) is 0.917. The van der Waals surface area contributed by atoms with Gasteiger partial charge in [-0.1, -0.05) is 0 Å². The van der Waals surface area contributed by atoms with Gasteiger partial charge in [-0.15, -0.1) is 11.3 Å². The molecule has 1 aliphatic carbocycles. The number of rotatable bonds is 4. The number of aryl methyl sites for hydroxylation is 1. The zero-order valence-corrected chi connectivity index (χ0v) is 15.0. The Morgan fingerprint density at radius 2 is 2.16 bits per heavy atom. The van der Waals surface area contributed by atoms with Gasteiger partial charge >= 0.3 is 0 Å². The number of likely N-dealkylation sites (tertiary alicyclic amines) is 1. The molecule has 3 heterocycles. The molecule has 6 heteroatoms. The highest BCUT2D eigenvalue weighted by Crippen LogP contribution is 2.58. The van der Waals surface area contributed by atoms with Crippen molar-refractivity contribution in [1.82, 2.24) is 15.2 Å². The van der Waals surface area contributed by atoms with E-state index in [4.69, 9.17) is 0 Å². The number of carbonyl (C=O) groups is 2. The van der Waals surface area contributed by atoms with E-state index in [1.807, 2.05) is 35.4 Å². The van der Waals surface area contributed by atoms with Gasteiger partial charge in [0.2, 0.25) is 5.91 Å². The molecule has 1 N–H and O–H groups in total. The minimum Gasteiger partial charge on any atom is -0.352 e. The highest BCUT2D eigenvalue weighted by Gasteiger charge is 2.61. The number of amides is 2. The summed E-state index contributed by atoms with van der Waals surface area (Å²) in [6, 6.07) is 5.79. The molecule has 2 fully saturated rings. The number of hydrogen-bond donors (Lipinski definition) is 1. The van der Waals surface area contributed by atoms with Crippen LogP contribution in [-0.4, -0.2) is 34.8 Å². The molecule has 2 aromatic heterocycles. The van der Waals surface area contributed by atoms with E-state index in [1.54, 1.807) is 12.4 Å². The lowest BCUT2D eigenvalue weighted by molar-refractivity contribution is -0.123. The third-order valence-electron chi connectivity index (χ3n) is 5.45. The summed E-state index contributed by atoms with van der Waals surface area (Å²) < 4.78 is 0. The van der Waals surface area contributed by atoms with Gasteiger partial charge < -0.3 is 10.2 Å². The first-order valence-corrected chi connectivity index (χ1v) is 9.47. The van der Waals surface area contributed by atoms with Gasteiger partial charge in [0, 0.05) is 43.4 Å². The predicted octanol–water partition coefficient (Wildman–Crippen LogP) is 2.62. The van der Waals surface area contributed by atoms with Gasteiger partial charge in [0.05, 0.1) is 4.88 Å². The summed E-state index contributed by atoms with van der Waals surface area (Å²) in [4.78, 5) is 31.9. The van der Waals surface area contributed by atoms with Crippen LogP contribution in [0.5, 0.6) is 0 Å². The largest absolute Gasteiger partial charge is 0.352 e. The summed E-state index contributed by atoms with van der Waals surface area (Å²) in [6.45, 7) is 3.97. The standard InChI is InChI=1S/C19H21N3O2S/c1-13-4-9-25-16(13)18(24)22-8-5-19(12-22)10-15(19)17(23)21-11-14-2-6-20-7-3-14/h2-4,6-7,9,15H,5,8,10-12H2,1H3,(H,21,23)/t15-,19+/m0/s1. The molecule has 5 nitrogen and oxygen atoms in total. The minimum absolute atomic E-state index is 0.00313. The molecule has 130 valence electrons. The van der Waals surface area contributed by atoms with Gasteiger partial charge in [-0.05, 0) is 54.5 Å². The molecule has 2 aromatic rings. The van der Waals surface area contributed by atoms with Crippen LogP contribution in [0.25, 0.3) is 0 Å². The van der Waals surface area contributed by atoms with E-state index in [1.165, 1.54) is 11.3 Å². The van der Waals surface area contributed by atoms with Crippen molar-refractivity contribution in [3.8, 4) is 0 Å². The Morgan fingerprint density at radius 1 is 1.36 bits per heavy atom. The molecule has 1 aliphatic heterocycles. The van der Waals surface area contributed by atoms with E-state index >= 15 is 0 Å². The molecule has 25 heavy (non-hydrogen) atoms. The zero-order chi connectivity index (χ0) is 17.4. The number of carbonyl (C=O) groups excluding carboxylic acids is 2. The molecule has 1 spiro atoms. The molecule has 1 saturated heterocycles. The molecule has 2 amide bonds. The highest BCUT2D eigenvalue weighted by atomic mass is 32.1. The first-order valence-electron chi connectivity index (χ1n) is 8.59. The Bertz CT molecular complexity index is 804. The smallest absolute Gasteiger partial charge is 0.264 e. The van der Waals surface area contributed by atoms with Crippen molar-refractivity contribution >= 4 is 23.2 Å². The van der Waals surface area contributed by atoms with Gasteiger partial charge in [-0.25, -0.2) is 0 Å². The first-order chi connectivity index (χ1) is 12.1. The molecule has 1 saturated carbocycles. The fourth-order valence-electron chi connectivity index (χ4n) is 3.79. The number of nitrogens with zero attached hydrogens (tertiary/aromatic N) is 2. The first kappa shape index (κ1) is 16.3. The lowest BCUT2D eigenvalue weighted by Gasteiger charge is -2.16. The van der Waals surface area contributed by atoms with Crippen molar-refractivity contribution < 1.29 is 9.59 Å². The van der Waals surface area contributed by atoms with E-state index in [9.17, 15) is 9.59 Å². The van der Waals surface area contributed by atoms with E-state index in [2.05, 4.69) is 10.3 Å². The molecule has 0 bridgehead atoms. The number of nitrogens with one attached hydrogen (secondary N) is 1. The van der Waals surface area contributed by atoms with Crippen LogP contribution in [-0.2, 0) is 11.3 Å². The normalized spacial score (nSPS) is 24.5. The van der Waals surface area contributed by atoms with Crippen molar-refractivity contribution in [1.29, 1.82) is 0 Å². The van der Waals surface area contributed by atoms with E-state index in [0.29, 0.717) is 13.1 Å². The average molecular weight is 355 g/mol. The Labute approximate surface area is 151 Å². The van der Waals surface area contributed by atoms with Crippen molar-refractivity contribution in [2.75, 3.05) is 13.1 Å². The fraction of sp³-hybridized carbons (Fsp3) is 0.421. The topological polar surface area (TPSA) is 62.3 Å². The van der Waals surface area contributed by atoms with Crippen LogP contribution in [0.2, 0.25) is 0 Å². The van der Waals surface area contributed by atoms with Crippen molar-refractivity contribution in [3.63, 3.8) is 0 Å². The van der Waals surface area contributed by atoms with Crippen molar-refractivity contribution in [2.24, 2.45) is 11.3 Å². The van der Waals surface area contributed by atoms with Crippen LogP contribution in [0, 0.1) is 18.3 Å². The molecule has 2 atom stereocenters.